The number of carbonyl (C=O) groups is 1. The van der Waals surface area contributed by atoms with Gasteiger partial charge in [0.25, 0.3) is 10.0 Å². The Balaban J connectivity index is 2.08. The highest BCUT2D eigenvalue weighted by atomic mass is 32.2. The van der Waals surface area contributed by atoms with Crippen LogP contribution in [0.4, 0.5) is 13.2 Å². The second-order valence-electron chi connectivity index (χ2n) is 8.31. The highest BCUT2D eigenvalue weighted by Gasteiger charge is 2.35. The smallest absolute Gasteiger partial charge is 0.274 e. The highest BCUT2D eigenvalue weighted by Crippen LogP contribution is 2.34. The van der Waals surface area contributed by atoms with Crippen molar-refractivity contribution < 1.29 is 26.4 Å². The van der Waals surface area contributed by atoms with Crippen LogP contribution in [0.1, 0.15) is 39.0 Å². The van der Waals surface area contributed by atoms with Crippen molar-refractivity contribution in [3.8, 4) is 16.9 Å². The first-order valence-corrected chi connectivity index (χ1v) is 11.1. The lowest BCUT2D eigenvalue weighted by molar-refractivity contribution is -0.141. The van der Waals surface area contributed by atoms with E-state index in [-0.39, 0.29) is 21.7 Å². The van der Waals surface area contributed by atoms with E-state index in [0.29, 0.717) is 5.56 Å². The molecule has 2 aromatic carbocycles. The van der Waals surface area contributed by atoms with Crippen LogP contribution in [0.15, 0.2) is 59.5 Å². The molecule has 1 heterocycles. The summed E-state index contributed by atoms with van der Waals surface area (Å²) in [5.74, 6) is -0.753. The van der Waals surface area contributed by atoms with Gasteiger partial charge in [0.2, 0.25) is 5.91 Å². The molecule has 1 amide bonds. The topological polar surface area (TPSA) is 81.1 Å². The zero-order valence-electron chi connectivity index (χ0n) is 17.9. The third-order valence-corrected chi connectivity index (χ3v) is 6.17. The van der Waals surface area contributed by atoms with Crippen LogP contribution < -0.4 is 4.72 Å². The number of benzene rings is 2. The average Bonchev–Trinajstić information content (AvgIpc) is 3.12. The summed E-state index contributed by atoms with van der Waals surface area (Å²) in [5.41, 5.74) is 0.798. The van der Waals surface area contributed by atoms with E-state index < -0.39 is 27.8 Å². The van der Waals surface area contributed by atoms with Crippen molar-refractivity contribution in [3.05, 3.63) is 65.9 Å². The molecule has 0 fully saturated rings. The van der Waals surface area contributed by atoms with Crippen molar-refractivity contribution in [2.24, 2.45) is 0 Å². The molecule has 1 aromatic heterocycles. The van der Waals surface area contributed by atoms with Crippen LogP contribution in [0.2, 0.25) is 0 Å². The minimum Gasteiger partial charge on any atom is -0.274 e. The molecular formula is C22H22F3N3O3S. The molecule has 0 spiro atoms. The molecule has 10 heteroatoms. The van der Waals surface area contributed by atoms with E-state index in [1.54, 1.807) is 12.1 Å². The molecule has 0 saturated heterocycles. The second-order valence-corrected chi connectivity index (χ2v) is 9.99. The first-order valence-electron chi connectivity index (χ1n) is 9.60. The average molecular weight is 465 g/mol. The Bertz CT molecular complexity index is 1240. The zero-order valence-corrected chi connectivity index (χ0v) is 18.7. The van der Waals surface area contributed by atoms with Crippen molar-refractivity contribution in [1.29, 1.82) is 0 Å². The number of amides is 1. The molecule has 3 rings (SSSR count). The maximum absolute atomic E-state index is 13.4. The number of hydrogen-bond acceptors (Lipinski definition) is 4. The molecule has 32 heavy (non-hydrogen) atoms. The normalized spacial score (nSPS) is 12.6. The fourth-order valence-corrected chi connectivity index (χ4v) is 4.07. The zero-order chi connectivity index (χ0) is 23.9. The van der Waals surface area contributed by atoms with Crippen molar-refractivity contribution in [1.82, 2.24) is 14.5 Å². The van der Waals surface area contributed by atoms with Gasteiger partial charge in [0, 0.05) is 12.5 Å². The molecule has 0 bridgehead atoms. The van der Waals surface area contributed by atoms with E-state index >= 15 is 0 Å². The molecule has 3 aromatic rings. The summed E-state index contributed by atoms with van der Waals surface area (Å²) in [6, 6.07) is 13.2. The van der Waals surface area contributed by atoms with E-state index in [9.17, 15) is 26.4 Å². The van der Waals surface area contributed by atoms with Gasteiger partial charge in [-0.1, -0.05) is 45.0 Å². The summed E-state index contributed by atoms with van der Waals surface area (Å²) in [6.45, 7) is 7.16. The molecule has 0 radical (unpaired) electrons. The molecule has 0 aliphatic rings. The Hall–Kier alpha value is -3.14. The summed E-state index contributed by atoms with van der Waals surface area (Å²) >= 11 is 0. The number of hydrogen-bond donors (Lipinski definition) is 1. The molecule has 0 aliphatic heterocycles. The van der Waals surface area contributed by atoms with E-state index in [1.807, 2.05) is 37.6 Å². The Morgan fingerprint density at radius 1 is 0.969 bits per heavy atom. The number of aromatic nitrogens is 2. The number of alkyl halides is 3. The van der Waals surface area contributed by atoms with Gasteiger partial charge in [-0.3, -0.25) is 4.79 Å². The van der Waals surface area contributed by atoms with Crippen LogP contribution in [-0.2, 0) is 26.4 Å². The number of nitrogens with one attached hydrogen (secondary N) is 1. The second kappa shape index (κ2) is 8.09. The highest BCUT2D eigenvalue weighted by molar-refractivity contribution is 7.90. The van der Waals surface area contributed by atoms with Gasteiger partial charge in [0.15, 0.2) is 5.69 Å². The predicted octanol–water partition coefficient (Wildman–Crippen LogP) is 4.68. The van der Waals surface area contributed by atoms with Gasteiger partial charge >= 0.3 is 6.18 Å². The molecule has 1 N–H and O–H groups in total. The summed E-state index contributed by atoms with van der Waals surface area (Å²) < 4.78 is 67.3. The van der Waals surface area contributed by atoms with Gasteiger partial charge < -0.3 is 0 Å². The van der Waals surface area contributed by atoms with Gasteiger partial charge in [0.1, 0.15) is 0 Å². The number of carbonyl (C=O) groups excluding carboxylic acids is 1. The fourth-order valence-electron chi connectivity index (χ4n) is 3.08. The maximum atomic E-state index is 13.4. The molecule has 170 valence electrons. The van der Waals surface area contributed by atoms with Crippen LogP contribution in [0.3, 0.4) is 0 Å². The molecule has 0 saturated carbocycles. The Morgan fingerprint density at radius 2 is 1.53 bits per heavy atom. The quantitative estimate of drug-likeness (QED) is 0.607. The Labute approximate surface area is 184 Å². The summed E-state index contributed by atoms with van der Waals surface area (Å²) in [7, 11) is -4.07. The lowest BCUT2D eigenvalue weighted by Crippen LogP contribution is -2.28. The number of halogens is 3. The van der Waals surface area contributed by atoms with Gasteiger partial charge in [-0.05, 0) is 41.3 Å². The van der Waals surface area contributed by atoms with E-state index in [2.05, 4.69) is 5.10 Å². The van der Waals surface area contributed by atoms with Crippen LogP contribution in [-0.4, -0.2) is 24.1 Å². The molecule has 0 aliphatic carbocycles. The predicted molar refractivity (Wildman–Crippen MR) is 114 cm³/mol. The van der Waals surface area contributed by atoms with Crippen molar-refractivity contribution >= 4 is 15.9 Å². The van der Waals surface area contributed by atoms with Gasteiger partial charge in [0.05, 0.1) is 16.3 Å². The van der Waals surface area contributed by atoms with E-state index in [1.165, 1.54) is 24.3 Å². The van der Waals surface area contributed by atoms with Gasteiger partial charge in [-0.15, -0.1) is 0 Å². The largest absolute Gasteiger partial charge is 0.435 e. The van der Waals surface area contributed by atoms with Crippen molar-refractivity contribution in [2.75, 3.05) is 0 Å². The number of rotatable bonds is 4. The SMILES string of the molecule is CC(=O)NS(=O)(=O)c1ccc(-n2nc(C(F)(F)F)cc2-c2ccc(C(C)(C)C)cc2)cc1. The number of sulfonamides is 1. The third kappa shape index (κ3) is 5.01. The van der Waals surface area contributed by atoms with Gasteiger partial charge in [-0.25, -0.2) is 17.8 Å². The fraction of sp³-hybridized carbons (Fsp3) is 0.273. The van der Waals surface area contributed by atoms with Gasteiger partial charge in [-0.2, -0.15) is 18.3 Å². The summed E-state index contributed by atoms with van der Waals surface area (Å²) in [4.78, 5) is 10.9. The lowest BCUT2D eigenvalue weighted by atomic mass is 9.86. The molecule has 0 atom stereocenters. The minimum absolute atomic E-state index is 0.120. The maximum Gasteiger partial charge on any atom is 0.435 e. The van der Waals surface area contributed by atoms with Crippen LogP contribution in [0.25, 0.3) is 16.9 Å². The Kier molecular flexibility index (Phi) is 5.94. The minimum atomic E-state index is -4.65. The molecule has 0 unspecified atom stereocenters. The first-order chi connectivity index (χ1) is 14.7. The van der Waals surface area contributed by atoms with E-state index in [0.717, 1.165) is 23.2 Å². The number of nitrogens with zero attached hydrogens (tertiary/aromatic N) is 2. The van der Waals surface area contributed by atoms with Crippen LogP contribution in [0.5, 0.6) is 0 Å². The standard InChI is InChI=1S/C22H22F3N3O3S/c1-14(29)27-32(30,31)18-11-9-17(10-12-18)28-19(13-20(26-28)22(23,24)25)15-5-7-16(8-6-15)21(2,3)4/h5-13H,1-4H3,(H,27,29). The Morgan fingerprint density at radius 3 is 2.00 bits per heavy atom. The van der Waals surface area contributed by atoms with Crippen molar-refractivity contribution in [2.45, 2.75) is 44.2 Å². The lowest BCUT2D eigenvalue weighted by Gasteiger charge is -2.19. The monoisotopic (exact) mass is 465 g/mol. The summed E-state index contributed by atoms with van der Waals surface area (Å²) in [6.07, 6.45) is -4.65. The molecule has 6 nitrogen and oxygen atoms in total. The van der Waals surface area contributed by atoms with Crippen LogP contribution >= 0.6 is 0 Å². The summed E-state index contributed by atoms with van der Waals surface area (Å²) in [5, 5.41) is 3.71. The first kappa shape index (κ1) is 23.5. The van der Waals surface area contributed by atoms with E-state index in [4.69, 9.17) is 0 Å². The molecular weight excluding hydrogens is 443 g/mol. The van der Waals surface area contributed by atoms with Crippen LogP contribution in [0, 0.1) is 0 Å². The third-order valence-electron chi connectivity index (χ3n) is 4.72. The van der Waals surface area contributed by atoms with Crippen molar-refractivity contribution in [3.63, 3.8) is 0 Å².